The van der Waals surface area contributed by atoms with E-state index in [4.69, 9.17) is 14.6 Å². The van der Waals surface area contributed by atoms with E-state index in [1.165, 1.54) is 37.6 Å². The molecule has 3 fully saturated rings. The first-order chi connectivity index (χ1) is 16.0. The maximum atomic E-state index is 13.1. The lowest BCUT2D eigenvalue weighted by atomic mass is 9.74. The molecule has 2 aromatic rings. The average Bonchev–Trinajstić information content (AvgIpc) is 3.38. The van der Waals surface area contributed by atoms with E-state index in [-0.39, 0.29) is 18.4 Å². The summed E-state index contributed by atoms with van der Waals surface area (Å²) in [6.45, 7) is 4.38. The number of likely N-dealkylation sites (tertiary alicyclic amines) is 1. The highest BCUT2D eigenvalue weighted by molar-refractivity contribution is 5.80. The quantitative estimate of drug-likeness (QED) is 0.695. The molecular formula is C23H32N6O4. The van der Waals surface area contributed by atoms with E-state index in [1.54, 1.807) is 11.8 Å². The van der Waals surface area contributed by atoms with Crippen LogP contribution in [-0.4, -0.2) is 80.3 Å². The fourth-order valence-electron chi connectivity index (χ4n) is 5.90. The van der Waals surface area contributed by atoms with Gasteiger partial charge in [-0.3, -0.25) is 14.5 Å². The summed E-state index contributed by atoms with van der Waals surface area (Å²) in [5.74, 6) is 2.12. The molecule has 10 heteroatoms. The highest BCUT2D eigenvalue weighted by atomic mass is 16.5. The molecule has 1 aromatic carbocycles. The molecule has 5 atom stereocenters. The number of benzene rings is 1. The third-order valence-electron chi connectivity index (χ3n) is 7.32. The molecule has 178 valence electrons. The number of tetrazole rings is 1. The van der Waals surface area contributed by atoms with Crippen LogP contribution >= 0.6 is 0 Å². The molecule has 0 spiro atoms. The number of nitrogens with zero attached hydrogens (tertiary/aromatic N) is 6. The number of carboxylic acid groups (broad SMARTS) is 1. The van der Waals surface area contributed by atoms with E-state index in [0.717, 1.165) is 25.4 Å². The van der Waals surface area contributed by atoms with Gasteiger partial charge in [0.15, 0.2) is 0 Å². The van der Waals surface area contributed by atoms with Crippen molar-refractivity contribution < 1.29 is 19.4 Å². The van der Waals surface area contributed by atoms with Crippen molar-refractivity contribution in [2.45, 2.75) is 50.7 Å². The highest BCUT2D eigenvalue weighted by Crippen LogP contribution is 2.44. The number of methoxy groups -OCH3 is 1. The predicted octanol–water partition coefficient (Wildman–Crippen LogP) is 2.02. The van der Waals surface area contributed by atoms with Gasteiger partial charge in [0.1, 0.15) is 18.1 Å². The third-order valence-corrected chi connectivity index (χ3v) is 7.32. The fourth-order valence-corrected chi connectivity index (χ4v) is 5.90. The zero-order valence-corrected chi connectivity index (χ0v) is 19.2. The number of aromatic nitrogens is 4. The number of piperidine rings is 3. The van der Waals surface area contributed by atoms with E-state index in [9.17, 15) is 4.79 Å². The second kappa shape index (κ2) is 10.3. The minimum atomic E-state index is -0.353. The van der Waals surface area contributed by atoms with Gasteiger partial charge in [-0.1, -0.05) is 12.1 Å². The van der Waals surface area contributed by atoms with Crippen LogP contribution in [0, 0.1) is 11.8 Å². The summed E-state index contributed by atoms with van der Waals surface area (Å²) in [5.41, 5.74) is 1.39. The summed E-state index contributed by atoms with van der Waals surface area (Å²) in [6.07, 6.45) is 6.44. The van der Waals surface area contributed by atoms with Crippen molar-refractivity contribution in [2.75, 3.05) is 26.7 Å². The third kappa shape index (κ3) is 4.85. The van der Waals surface area contributed by atoms with E-state index in [2.05, 4.69) is 49.6 Å². The summed E-state index contributed by atoms with van der Waals surface area (Å²) in [5, 5.41) is 18.2. The Bertz CT molecular complexity index is 922. The van der Waals surface area contributed by atoms with E-state index in [1.807, 2.05) is 6.92 Å². The van der Waals surface area contributed by atoms with Crippen molar-refractivity contribution >= 4 is 12.4 Å². The second-order valence-corrected chi connectivity index (χ2v) is 9.16. The molecule has 3 aliphatic rings. The summed E-state index contributed by atoms with van der Waals surface area (Å²) in [7, 11) is 1.71. The zero-order valence-electron chi connectivity index (χ0n) is 19.2. The van der Waals surface area contributed by atoms with Crippen molar-refractivity contribution in [3.63, 3.8) is 0 Å². The molecule has 10 nitrogen and oxygen atoms in total. The fraction of sp³-hybridized carbons (Fsp3) is 0.609. The second-order valence-electron chi connectivity index (χ2n) is 9.16. The van der Waals surface area contributed by atoms with Gasteiger partial charge in [-0.15, -0.1) is 5.10 Å². The van der Waals surface area contributed by atoms with Gasteiger partial charge in [0.2, 0.25) is 5.91 Å². The van der Waals surface area contributed by atoms with Crippen LogP contribution in [0.5, 0.6) is 5.75 Å². The lowest BCUT2D eigenvalue weighted by Crippen LogP contribution is -2.60. The molecule has 33 heavy (non-hydrogen) atoms. The maximum Gasteiger partial charge on any atom is 0.290 e. The van der Waals surface area contributed by atoms with E-state index in [0.29, 0.717) is 23.9 Å². The van der Waals surface area contributed by atoms with E-state index < -0.39 is 0 Å². The van der Waals surface area contributed by atoms with Crippen LogP contribution in [0.1, 0.15) is 50.3 Å². The Kier molecular flexibility index (Phi) is 7.22. The molecule has 1 amide bonds. The molecule has 1 N–H and O–H groups in total. The topological polar surface area (TPSA) is 114 Å². The number of rotatable bonds is 4. The van der Waals surface area contributed by atoms with E-state index >= 15 is 0 Å². The van der Waals surface area contributed by atoms with Gasteiger partial charge in [0.25, 0.3) is 6.47 Å². The Balaban J connectivity index is 0.000000821. The zero-order chi connectivity index (χ0) is 23.4. The number of amides is 1. The normalized spacial score (nSPS) is 27.5. The van der Waals surface area contributed by atoms with Crippen LogP contribution in [0.4, 0.5) is 0 Å². The van der Waals surface area contributed by atoms with Gasteiger partial charge < -0.3 is 14.7 Å². The van der Waals surface area contributed by atoms with Crippen LogP contribution in [0.2, 0.25) is 0 Å². The summed E-state index contributed by atoms with van der Waals surface area (Å²) in [6, 6.07) is 9.27. The van der Waals surface area contributed by atoms with Crippen LogP contribution < -0.4 is 4.74 Å². The summed E-state index contributed by atoms with van der Waals surface area (Å²) < 4.78 is 6.89. The van der Waals surface area contributed by atoms with Gasteiger partial charge in [-0.2, -0.15) is 0 Å². The molecule has 0 aliphatic carbocycles. The highest BCUT2D eigenvalue weighted by Gasteiger charge is 2.46. The first kappa shape index (κ1) is 23.2. The number of ether oxygens (including phenoxy) is 1. The lowest BCUT2D eigenvalue weighted by molar-refractivity contribution is -0.142. The van der Waals surface area contributed by atoms with Gasteiger partial charge in [0.05, 0.1) is 7.11 Å². The standard InChI is InChI=1S/C22H30N6O2.CH2O2/c1-15(28-14-23-24-25-28)22(29)26-11-16-10-18(13-26)21-5-3-4-20(27(21)12-16)17-6-8-19(30-2)9-7-17;2-1-3/h6-9,14-16,18,20-21H,3-5,10-13H2,1-2H3;1H,(H,2,3)/t15-,16-,18+,20+,21-;/m0./s1. The molecule has 2 bridgehead atoms. The van der Waals surface area contributed by atoms with Gasteiger partial charge in [-0.25, -0.2) is 4.68 Å². The Hall–Kier alpha value is -3.01. The molecule has 0 unspecified atom stereocenters. The SMILES string of the molecule is COc1ccc([C@H]2CCC[C@H]3[C@@H]4C[C@@H](CN(C(=O)[C@H](C)n5cnnn5)C4)CN23)cc1.O=CO. The average molecular weight is 457 g/mol. The van der Waals surface area contributed by atoms with Crippen molar-refractivity contribution in [3.8, 4) is 5.75 Å². The molecule has 1 aromatic heterocycles. The summed E-state index contributed by atoms with van der Waals surface area (Å²) in [4.78, 5) is 26.3. The largest absolute Gasteiger partial charge is 0.497 e. The van der Waals surface area contributed by atoms with Crippen LogP contribution in [0.15, 0.2) is 30.6 Å². The van der Waals surface area contributed by atoms with Crippen LogP contribution in [0.25, 0.3) is 0 Å². The van der Waals surface area contributed by atoms with Crippen molar-refractivity contribution in [1.82, 2.24) is 30.0 Å². The lowest BCUT2D eigenvalue weighted by Gasteiger charge is -2.55. The molecule has 4 heterocycles. The van der Waals surface area contributed by atoms with Gasteiger partial charge >= 0.3 is 0 Å². The minimum absolute atomic E-state index is 0.132. The van der Waals surface area contributed by atoms with Crippen molar-refractivity contribution in [1.29, 1.82) is 0 Å². The number of carbonyl (C=O) groups excluding carboxylic acids is 1. The number of carbonyl (C=O) groups is 2. The maximum absolute atomic E-state index is 13.1. The number of hydrogen-bond acceptors (Lipinski definition) is 7. The van der Waals surface area contributed by atoms with Gasteiger partial charge in [0, 0.05) is 31.7 Å². The van der Waals surface area contributed by atoms with Crippen LogP contribution in [-0.2, 0) is 9.59 Å². The smallest absolute Gasteiger partial charge is 0.290 e. The first-order valence-electron chi connectivity index (χ1n) is 11.5. The number of hydrogen-bond donors (Lipinski definition) is 1. The molecular weight excluding hydrogens is 424 g/mol. The molecule has 0 saturated carbocycles. The minimum Gasteiger partial charge on any atom is -0.497 e. The van der Waals surface area contributed by atoms with Crippen LogP contribution in [0.3, 0.4) is 0 Å². The Morgan fingerprint density at radius 3 is 2.64 bits per heavy atom. The Morgan fingerprint density at radius 1 is 1.21 bits per heavy atom. The number of fused-ring (bicyclic) bond motifs is 4. The first-order valence-corrected chi connectivity index (χ1v) is 11.5. The molecule has 3 saturated heterocycles. The predicted molar refractivity (Wildman–Crippen MR) is 119 cm³/mol. The Labute approximate surface area is 193 Å². The molecule has 0 radical (unpaired) electrons. The monoisotopic (exact) mass is 456 g/mol. The van der Waals surface area contributed by atoms with Gasteiger partial charge in [-0.05, 0) is 72.6 Å². The summed E-state index contributed by atoms with van der Waals surface area (Å²) >= 11 is 0. The van der Waals surface area contributed by atoms with Crippen molar-refractivity contribution in [2.24, 2.45) is 11.8 Å². The Morgan fingerprint density at radius 2 is 1.97 bits per heavy atom. The van der Waals surface area contributed by atoms with Crippen molar-refractivity contribution in [3.05, 3.63) is 36.2 Å². The molecule has 5 rings (SSSR count). The molecule has 3 aliphatic heterocycles.